The van der Waals surface area contributed by atoms with Crippen molar-refractivity contribution >= 4 is 11.6 Å². The number of nitrogens with one attached hydrogen (secondary N) is 1. The molecule has 1 heterocycles. The normalized spacial score (nSPS) is 11.9. The van der Waals surface area contributed by atoms with E-state index in [0.29, 0.717) is 5.56 Å². The third kappa shape index (κ3) is 3.16. The molecule has 0 saturated heterocycles. The van der Waals surface area contributed by atoms with Crippen molar-refractivity contribution in [1.82, 2.24) is 4.90 Å². The molecule has 1 N–H and O–H groups in total. The molecule has 1 aromatic heterocycles. The lowest BCUT2D eigenvalue weighted by Gasteiger charge is -2.15. The van der Waals surface area contributed by atoms with Gasteiger partial charge in [-0.3, -0.25) is 4.79 Å². The molecular formula is C15H18N2O2. The molecule has 0 aliphatic rings. The molecule has 0 aliphatic carbocycles. The third-order valence-corrected chi connectivity index (χ3v) is 2.94. The molecule has 0 aliphatic heterocycles. The first-order chi connectivity index (χ1) is 9.08. The molecule has 0 radical (unpaired) electrons. The van der Waals surface area contributed by atoms with Crippen molar-refractivity contribution in [3.8, 4) is 0 Å². The predicted octanol–water partition coefficient (Wildman–Crippen LogP) is 3.15. The summed E-state index contributed by atoms with van der Waals surface area (Å²) in [4.78, 5) is 13.5. The smallest absolute Gasteiger partial charge is 0.253 e. The van der Waals surface area contributed by atoms with Gasteiger partial charge in [0.25, 0.3) is 5.91 Å². The van der Waals surface area contributed by atoms with Crippen LogP contribution in [-0.2, 0) is 0 Å². The van der Waals surface area contributed by atoms with Crippen LogP contribution in [0.1, 0.15) is 28.9 Å². The zero-order chi connectivity index (χ0) is 13.8. The highest BCUT2D eigenvalue weighted by atomic mass is 16.3. The minimum absolute atomic E-state index is 0.000357. The summed E-state index contributed by atoms with van der Waals surface area (Å²) in [5.41, 5.74) is 2.67. The minimum Gasteiger partial charge on any atom is -0.472 e. The van der Waals surface area contributed by atoms with E-state index in [9.17, 15) is 4.79 Å². The summed E-state index contributed by atoms with van der Waals surface area (Å²) in [5, 5.41) is 3.35. The van der Waals surface area contributed by atoms with E-state index in [1.165, 1.54) is 0 Å². The van der Waals surface area contributed by atoms with E-state index < -0.39 is 0 Å². The number of hydrogen-bond acceptors (Lipinski definition) is 3. The fourth-order valence-corrected chi connectivity index (χ4v) is 1.85. The Bertz CT molecular complexity index is 547. The van der Waals surface area contributed by atoms with Gasteiger partial charge in [0.2, 0.25) is 0 Å². The number of furan rings is 1. The SMILES string of the molecule is CC(Nc1cccc(C(=O)N(C)C)c1)c1ccoc1. The molecule has 4 nitrogen and oxygen atoms in total. The van der Waals surface area contributed by atoms with Crippen LogP contribution in [0.3, 0.4) is 0 Å². The number of amides is 1. The Labute approximate surface area is 113 Å². The molecule has 4 heteroatoms. The fraction of sp³-hybridized carbons (Fsp3) is 0.267. The van der Waals surface area contributed by atoms with Crippen LogP contribution >= 0.6 is 0 Å². The Morgan fingerprint density at radius 2 is 2.11 bits per heavy atom. The van der Waals surface area contributed by atoms with Crippen molar-refractivity contribution in [2.45, 2.75) is 13.0 Å². The average Bonchev–Trinajstić information content (AvgIpc) is 2.92. The quantitative estimate of drug-likeness (QED) is 0.916. The third-order valence-electron chi connectivity index (χ3n) is 2.94. The monoisotopic (exact) mass is 258 g/mol. The summed E-state index contributed by atoms with van der Waals surface area (Å²) in [6.07, 6.45) is 3.37. The zero-order valence-corrected chi connectivity index (χ0v) is 11.4. The van der Waals surface area contributed by atoms with E-state index >= 15 is 0 Å². The van der Waals surface area contributed by atoms with Gasteiger partial charge in [-0.25, -0.2) is 0 Å². The maximum Gasteiger partial charge on any atom is 0.253 e. The van der Waals surface area contributed by atoms with Gasteiger partial charge in [0.15, 0.2) is 0 Å². The summed E-state index contributed by atoms with van der Waals surface area (Å²) < 4.78 is 5.07. The second kappa shape index (κ2) is 5.61. The number of anilines is 1. The maximum atomic E-state index is 11.9. The lowest BCUT2D eigenvalue weighted by Crippen LogP contribution is -2.21. The van der Waals surface area contributed by atoms with Crippen molar-refractivity contribution in [2.24, 2.45) is 0 Å². The molecule has 0 fully saturated rings. The Morgan fingerprint density at radius 1 is 1.32 bits per heavy atom. The number of carbonyl (C=O) groups is 1. The average molecular weight is 258 g/mol. The van der Waals surface area contributed by atoms with Crippen LogP contribution in [0, 0.1) is 0 Å². The number of nitrogens with zero attached hydrogens (tertiary/aromatic N) is 1. The summed E-state index contributed by atoms with van der Waals surface area (Å²) >= 11 is 0. The van der Waals surface area contributed by atoms with E-state index in [4.69, 9.17) is 4.42 Å². The van der Waals surface area contributed by atoms with Crippen LogP contribution in [0.15, 0.2) is 47.3 Å². The molecule has 2 rings (SSSR count). The van der Waals surface area contributed by atoms with Crippen LogP contribution in [-0.4, -0.2) is 24.9 Å². The first kappa shape index (κ1) is 13.2. The van der Waals surface area contributed by atoms with Gasteiger partial charge in [-0.15, -0.1) is 0 Å². The van der Waals surface area contributed by atoms with E-state index in [2.05, 4.69) is 5.32 Å². The van der Waals surface area contributed by atoms with Crippen molar-refractivity contribution in [2.75, 3.05) is 19.4 Å². The largest absolute Gasteiger partial charge is 0.472 e. The van der Waals surface area contributed by atoms with Crippen LogP contribution in [0.4, 0.5) is 5.69 Å². The molecule has 1 amide bonds. The number of rotatable bonds is 4. The van der Waals surface area contributed by atoms with Gasteiger partial charge in [0, 0.05) is 30.9 Å². The molecule has 0 bridgehead atoms. The molecule has 1 aromatic carbocycles. The Kier molecular flexibility index (Phi) is 3.90. The van der Waals surface area contributed by atoms with E-state index in [0.717, 1.165) is 11.3 Å². The van der Waals surface area contributed by atoms with Gasteiger partial charge in [0.1, 0.15) is 0 Å². The van der Waals surface area contributed by atoms with Gasteiger partial charge in [-0.2, -0.15) is 0 Å². The molecule has 100 valence electrons. The fourth-order valence-electron chi connectivity index (χ4n) is 1.85. The Hall–Kier alpha value is -2.23. The summed E-state index contributed by atoms with van der Waals surface area (Å²) in [5.74, 6) is -0.000357. The molecule has 0 spiro atoms. The topological polar surface area (TPSA) is 45.5 Å². The molecular weight excluding hydrogens is 240 g/mol. The molecule has 19 heavy (non-hydrogen) atoms. The van der Waals surface area contributed by atoms with Gasteiger partial charge in [-0.1, -0.05) is 6.07 Å². The summed E-state index contributed by atoms with van der Waals surface area (Å²) in [7, 11) is 3.49. The van der Waals surface area contributed by atoms with Crippen molar-refractivity contribution in [3.05, 3.63) is 54.0 Å². The lowest BCUT2D eigenvalue weighted by molar-refractivity contribution is 0.0827. The zero-order valence-electron chi connectivity index (χ0n) is 11.4. The van der Waals surface area contributed by atoms with Crippen molar-refractivity contribution < 1.29 is 9.21 Å². The maximum absolute atomic E-state index is 11.9. The summed E-state index contributed by atoms with van der Waals surface area (Å²) in [6.45, 7) is 2.05. The molecule has 0 saturated carbocycles. The first-order valence-electron chi connectivity index (χ1n) is 6.18. The molecule has 1 unspecified atom stereocenters. The van der Waals surface area contributed by atoms with Gasteiger partial charge in [0.05, 0.1) is 18.6 Å². The van der Waals surface area contributed by atoms with Gasteiger partial charge < -0.3 is 14.6 Å². The molecule has 1 atom stereocenters. The summed E-state index contributed by atoms with van der Waals surface area (Å²) in [6, 6.07) is 9.55. The lowest BCUT2D eigenvalue weighted by atomic mass is 10.1. The number of hydrogen-bond donors (Lipinski definition) is 1. The van der Waals surface area contributed by atoms with Crippen LogP contribution in [0.2, 0.25) is 0 Å². The van der Waals surface area contributed by atoms with Gasteiger partial charge >= 0.3 is 0 Å². The van der Waals surface area contributed by atoms with Gasteiger partial charge in [-0.05, 0) is 31.2 Å². The predicted molar refractivity (Wildman–Crippen MR) is 75.2 cm³/mol. The molecule has 2 aromatic rings. The van der Waals surface area contributed by atoms with Crippen LogP contribution in [0.5, 0.6) is 0 Å². The highest BCUT2D eigenvalue weighted by molar-refractivity contribution is 5.94. The number of benzene rings is 1. The Morgan fingerprint density at radius 3 is 2.74 bits per heavy atom. The van der Waals surface area contributed by atoms with E-state index in [-0.39, 0.29) is 11.9 Å². The van der Waals surface area contributed by atoms with Crippen molar-refractivity contribution in [1.29, 1.82) is 0 Å². The second-order valence-corrected chi connectivity index (χ2v) is 4.70. The van der Waals surface area contributed by atoms with Crippen molar-refractivity contribution in [3.63, 3.8) is 0 Å². The standard InChI is InChI=1S/C15H18N2O2/c1-11(13-7-8-19-10-13)16-14-6-4-5-12(9-14)15(18)17(2)3/h4-11,16H,1-3H3. The second-order valence-electron chi connectivity index (χ2n) is 4.70. The Balaban J connectivity index is 2.13. The highest BCUT2D eigenvalue weighted by Gasteiger charge is 2.10. The van der Waals surface area contributed by atoms with Crippen LogP contribution in [0.25, 0.3) is 0 Å². The highest BCUT2D eigenvalue weighted by Crippen LogP contribution is 2.20. The van der Waals surface area contributed by atoms with E-state index in [1.807, 2.05) is 37.3 Å². The van der Waals surface area contributed by atoms with E-state index in [1.54, 1.807) is 31.5 Å². The number of carbonyl (C=O) groups excluding carboxylic acids is 1. The minimum atomic E-state index is -0.000357. The first-order valence-corrected chi connectivity index (χ1v) is 6.18. The van der Waals surface area contributed by atoms with Crippen LogP contribution < -0.4 is 5.32 Å².